The molecule has 0 N–H and O–H groups in total. The minimum atomic E-state index is -3.76. The second-order valence-corrected chi connectivity index (χ2v) is 12.5. The highest BCUT2D eigenvalue weighted by Crippen LogP contribution is 2.10. The van der Waals surface area contributed by atoms with Crippen molar-refractivity contribution in [2.24, 2.45) is 5.92 Å². The van der Waals surface area contributed by atoms with Gasteiger partial charge < -0.3 is 56.8 Å². The van der Waals surface area contributed by atoms with Gasteiger partial charge in [0.1, 0.15) is 0 Å². The summed E-state index contributed by atoms with van der Waals surface area (Å²) in [6.45, 7) is 15.9. The maximum absolute atomic E-state index is 12.0. The number of ether oxygens (including phenoxy) is 12. The van der Waals surface area contributed by atoms with E-state index in [1.54, 1.807) is 18.2 Å². The molecule has 51 heavy (non-hydrogen) atoms. The summed E-state index contributed by atoms with van der Waals surface area (Å²) in [6.07, 6.45) is 1.13. The van der Waals surface area contributed by atoms with Crippen molar-refractivity contribution in [2.45, 2.75) is 25.2 Å². The van der Waals surface area contributed by atoms with Crippen molar-refractivity contribution >= 4 is 10.1 Å². The molecule has 0 aliphatic rings. The lowest BCUT2D eigenvalue weighted by Crippen LogP contribution is -2.16. The van der Waals surface area contributed by atoms with E-state index in [9.17, 15) is 8.42 Å². The Balaban J connectivity index is 1.65. The summed E-state index contributed by atoms with van der Waals surface area (Å²) in [6, 6.07) is 7.98. The molecule has 1 rings (SSSR count). The molecule has 16 heteroatoms. The summed E-state index contributed by atoms with van der Waals surface area (Å²) < 4.78 is 94.4. The topological polar surface area (TPSA) is 154 Å². The predicted octanol–water partition coefficient (Wildman–Crippen LogP) is 2.64. The Bertz CT molecular complexity index is 942. The smallest absolute Gasteiger partial charge is 0.297 e. The van der Waals surface area contributed by atoms with Crippen LogP contribution < -0.4 is 0 Å². The first-order valence-electron chi connectivity index (χ1n) is 17.9. The third-order valence-corrected chi connectivity index (χ3v) is 8.02. The van der Waals surface area contributed by atoms with Crippen LogP contribution in [0.2, 0.25) is 0 Å². The largest absolute Gasteiger partial charge is 0.379 e. The minimum absolute atomic E-state index is 0.0594. The zero-order valence-electron chi connectivity index (χ0n) is 30.9. The molecule has 0 amide bonds. The summed E-state index contributed by atoms with van der Waals surface area (Å²) in [5.74, 6) is 0.590. The molecule has 15 nitrogen and oxygen atoms in total. The van der Waals surface area contributed by atoms with E-state index >= 15 is 0 Å². The van der Waals surface area contributed by atoms with Crippen LogP contribution in [0.3, 0.4) is 0 Å². The standard InChI is InChI=1S/C35H64O15S/c1-3-34(2)33-49-30-29-47-26-25-45-22-21-43-18-17-41-14-13-39-10-9-38-11-12-40-15-16-42-19-20-44-23-24-46-27-28-48-31-32-50-51(36,37)35-7-5-4-6-8-35/h4-8,34H,3,9-33H2,1-2H3. The van der Waals surface area contributed by atoms with Gasteiger partial charge in [0.2, 0.25) is 0 Å². The van der Waals surface area contributed by atoms with Crippen molar-refractivity contribution in [1.29, 1.82) is 0 Å². The average molecular weight is 757 g/mol. The second-order valence-electron chi connectivity index (χ2n) is 10.9. The summed E-state index contributed by atoms with van der Waals surface area (Å²) in [7, 11) is -3.76. The minimum Gasteiger partial charge on any atom is -0.379 e. The Morgan fingerprint density at radius 1 is 0.412 bits per heavy atom. The lowest BCUT2D eigenvalue weighted by Gasteiger charge is -2.10. The van der Waals surface area contributed by atoms with Crippen LogP contribution in [0.5, 0.6) is 0 Å². The van der Waals surface area contributed by atoms with Gasteiger partial charge in [0.05, 0.1) is 163 Å². The van der Waals surface area contributed by atoms with Crippen molar-refractivity contribution in [1.82, 2.24) is 0 Å². The Kier molecular flexibility index (Phi) is 34.6. The van der Waals surface area contributed by atoms with Crippen molar-refractivity contribution in [2.75, 3.05) is 165 Å². The lowest BCUT2D eigenvalue weighted by atomic mass is 10.1. The van der Waals surface area contributed by atoms with Crippen LogP contribution in [0.4, 0.5) is 0 Å². The molecule has 1 aromatic carbocycles. The van der Waals surface area contributed by atoms with Crippen molar-refractivity contribution in [3.63, 3.8) is 0 Å². The molecule has 0 heterocycles. The normalized spacial score (nSPS) is 12.5. The van der Waals surface area contributed by atoms with E-state index in [0.29, 0.717) is 151 Å². The van der Waals surface area contributed by atoms with Crippen molar-refractivity contribution in [3.05, 3.63) is 30.3 Å². The van der Waals surface area contributed by atoms with E-state index in [1.807, 2.05) is 0 Å². The first-order valence-corrected chi connectivity index (χ1v) is 19.3. The van der Waals surface area contributed by atoms with Gasteiger partial charge in [-0.2, -0.15) is 8.42 Å². The zero-order chi connectivity index (χ0) is 36.8. The predicted molar refractivity (Wildman–Crippen MR) is 189 cm³/mol. The SMILES string of the molecule is CCC(C)COCCOCCOCCOCCOCCOCCOCCOCCOCCOCCOCCOCCOS(=O)(=O)c1ccccc1. The Morgan fingerprint density at radius 3 is 0.941 bits per heavy atom. The molecular formula is C35H64O15S. The molecule has 0 aliphatic carbocycles. The highest BCUT2D eigenvalue weighted by Gasteiger charge is 2.13. The van der Waals surface area contributed by atoms with Gasteiger partial charge in [-0.1, -0.05) is 38.5 Å². The van der Waals surface area contributed by atoms with Crippen molar-refractivity contribution < 1.29 is 69.4 Å². The third-order valence-electron chi connectivity index (χ3n) is 6.69. The number of hydrogen-bond acceptors (Lipinski definition) is 15. The molecular weight excluding hydrogens is 692 g/mol. The number of hydrogen-bond donors (Lipinski definition) is 0. The average Bonchev–Trinajstić information content (AvgIpc) is 3.14. The lowest BCUT2D eigenvalue weighted by molar-refractivity contribution is -0.0287. The van der Waals surface area contributed by atoms with E-state index < -0.39 is 10.1 Å². The molecule has 0 bridgehead atoms. The fourth-order valence-corrected chi connectivity index (χ4v) is 4.59. The molecule has 1 atom stereocenters. The molecule has 0 radical (unpaired) electrons. The van der Waals surface area contributed by atoms with Crippen LogP contribution in [-0.2, 0) is 71.1 Å². The van der Waals surface area contributed by atoms with Crippen LogP contribution in [0.15, 0.2) is 35.2 Å². The maximum Gasteiger partial charge on any atom is 0.297 e. The van der Waals surface area contributed by atoms with E-state index in [2.05, 4.69) is 13.8 Å². The fraction of sp³-hybridized carbons (Fsp3) is 0.829. The van der Waals surface area contributed by atoms with Crippen LogP contribution in [-0.4, -0.2) is 174 Å². The van der Waals surface area contributed by atoms with E-state index in [1.165, 1.54) is 12.1 Å². The fourth-order valence-electron chi connectivity index (χ4n) is 3.68. The first-order chi connectivity index (χ1) is 25.1. The quantitative estimate of drug-likeness (QED) is 0.0710. The van der Waals surface area contributed by atoms with Gasteiger partial charge in [0.25, 0.3) is 10.1 Å². The summed E-state index contributed by atoms with van der Waals surface area (Å²) in [5.41, 5.74) is 0. The number of rotatable bonds is 41. The van der Waals surface area contributed by atoms with Crippen LogP contribution >= 0.6 is 0 Å². The Labute approximate surface area is 305 Å². The maximum atomic E-state index is 12.0. The molecule has 300 valence electrons. The van der Waals surface area contributed by atoms with Crippen LogP contribution in [0.1, 0.15) is 20.3 Å². The Hall–Kier alpha value is -1.35. The van der Waals surface area contributed by atoms with Gasteiger partial charge >= 0.3 is 0 Å². The molecule has 1 aromatic rings. The molecule has 0 aromatic heterocycles. The molecule has 0 saturated heterocycles. The summed E-state index contributed by atoms with van der Waals surface area (Å²) in [5, 5.41) is 0. The van der Waals surface area contributed by atoms with Gasteiger partial charge in [-0.3, -0.25) is 4.18 Å². The molecule has 0 saturated carbocycles. The highest BCUT2D eigenvalue weighted by molar-refractivity contribution is 7.86. The molecule has 0 spiro atoms. The van der Waals surface area contributed by atoms with Gasteiger partial charge in [-0.05, 0) is 18.1 Å². The molecule has 1 unspecified atom stereocenters. The highest BCUT2D eigenvalue weighted by atomic mass is 32.2. The Morgan fingerprint density at radius 2 is 0.667 bits per heavy atom. The van der Waals surface area contributed by atoms with Gasteiger partial charge in [0, 0.05) is 6.61 Å². The summed E-state index contributed by atoms with van der Waals surface area (Å²) in [4.78, 5) is 0.120. The van der Waals surface area contributed by atoms with Crippen molar-refractivity contribution in [3.8, 4) is 0 Å². The first kappa shape index (κ1) is 47.7. The monoisotopic (exact) mass is 756 g/mol. The summed E-state index contributed by atoms with van der Waals surface area (Å²) >= 11 is 0. The van der Waals surface area contributed by atoms with E-state index in [-0.39, 0.29) is 18.1 Å². The van der Waals surface area contributed by atoms with E-state index in [0.717, 1.165) is 13.0 Å². The van der Waals surface area contributed by atoms with Crippen LogP contribution in [0.25, 0.3) is 0 Å². The third kappa shape index (κ3) is 33.0. The molecule has 0 aliphatic heterocycles. The molecule has 0 fully saturated rings. The second kappa shape index (κ2) is 37.0. The van der Waals surface area contributed by atoms with Gasteiger partial charge in [0.15, 0.2) is 0 Å². The van der Waals surface area contributed by atoms with Gasteiger partial charge in [-0.15, -0.1) is 0 Å². The van der Waals surface area contributed by atoms with Gasteiger partial charge in [-0.25, -0.2) is 0 Å². The van der Waals surface area contributed by atoms with E-state index in [4.69, 9.17) is 61.0 Å². The number of benzene rings is 1. The van der Waals surface area contributed by atoms with Crippen LogP contribution in [0, 0.1) is 5.92 Å². The zero-order valence-corrected chi connectivity index (χ0v) is 31.7.